The lowest BCUT2D eigenvalue weighted by Crippen LogP contribution is -2.41. The molecule has 1 spiro atoms. The molecule has 4 rings (SSSR count). The average molecular weight is 409 g/mol. The minimum atomic E-state index is -0.572. The highest BCUT2D eigenvalue weighted by Gasteiger charge is 2.51. The molecule has 0 bridgehead atoms. The highest BCUT2D eigenvalue weighted by molar-refractivity contribution is 6.09. The largest absolute Gasteiger partial charge is 0.321 e. The van der Waals surface area contributed by atoms with Crippen LogP contribution in [0.4, 0.5) is 5.69 Å². The van der Waals surface area contributed by atoms with Gasteiger partial charge in [0.1, 0.15) is 6.54 Å². The molecule has 158 valence electrons. The summed E-state index contributed by atoms with van der Waals surface area (Å²) in [4.78, 5) is 39.3. The molecular weight excluding hydrogens is 380 g/mol. The molecule has 2 aromatic rings. The van der Waals surface area contributed by atoms with E-state index in [0.717, 1.165) is 53.9 Å². The Hall–Kier alpha value is -2.96. The van der Waals surface area contributed by atoms with Gasteiger partial charge in [-0.1, -0.05) is 37.0 Å². The number of carbonyl (C=O) groups is 3. The second-order valence-electron chi connectivity index (χ2n) is 8.64. The Kier molecular flexibility index (Phi) is 5.22. The summed E-state index contributed by atoms with van der Waals surface area (Å²) in [7, 11) is 0. The number of likely N-dealkylation sites (tertiary alicyclic amines) is 1. The van der Waals surface area contributed by atoms with Gasteiger partial charge in [0, 0.05) is 6.42 Å². The topological polar surface area (TPSA) is 84.3 Å². The molecule has 7 heteroatoms. The Morgan fingerprint density at radius 1 is 1.07 bits per heavy atom. The zero-order chi connectivity index (χ0) is 21.5. The standard InChI is InChI=1S/C23H28N4O3/c1-15-7-9-18(10-8-15)27-17(3)21(16(2)25-27)24-19(28)14-26-20(29)13-23(22(26)30)11-5-4-6-12-23/h7-10H,4-6,11-14H2,1-3H3,(H,24,28). The van der Waals surface area contributed by atoms with Crippen molar-refractivity contribution in [1.82, 2.24) is 14.7 Å². The Labute approximate surface area is 176 Å². The number of amides is 3. The van der Waals surface area contributed by atoms with Crippen LogP contribution in [0.3, 0.4) is 0 Å². The molecule has 1 saturated heterocycles. The zero-order valence-corrected chi connectivity index (χ0v) is 17.8. The fraction of sp³-hybridized carbons (Fsp3) is 0.478. The van der Waals surface area contributed by atoms with Crippen LogP contribution < -0.4 is 5.32 Å². The Morgan fingerprint density at radius 3 is 2.40 bits per heavy atom. The first-order valence-corrected chi connectivity index (χ1v) is 10.6. The van der Waals surface area contributed by atoms with Gasteiger partial charge in [0.05, 0.1) is 28.2 Å². The SMILES string of the molecule is Cc1ccc(-n2nc(C)c(NC(=O)CN3C(=O)CC4(CCCCC4)C3=O)c2C)cc1. The van der Waals surface area contributed by atoms with Crippen LogP contribution in [0.15, 0.2) is 24.3 Å². The van der Waals surface area contributed by atoms with Crippen molar-refractivity contribution in [2.75, 3.05) is 11.9 Å². The second-order valence-corrected chi connectivity index (χ2v) is 8.64. The number of nitrogens with zero attached hydrogens (tertiary/aromatic N) is 3. The van der Waals surface area contributed by atoms with Crippen molar-refractivity contribution in [3.8, 4) is 5.69 Å². The minimum absolute atomic E-state index is 0.175. The molecule has 0 unspecified atom stereocenters. The van der Waals surface area contributed by atoms with E-state index in [1.165, 1.54) is 0 Å². The van der Waals surface area contributed by atoms with Crippen LogP contribution in [-0.4, -0.2) is 38.9 Å². The van der Waals surface area contributed by atoms with Gasteiger partial charge in [-0.05, 0) is 45.7 Å². The molecule has 1 aliphatic carbocycles. The summed E-state index contributed by atoms with van der Waals surface area (Å²) in [6, 6.07) is 7.97. The number of carbonyl (C=O) groups excluding carboxylic acids is 3. The molecule has 1 aliphatic heterocycles. The van der Waals surface area contributed by atoms with Crippen LogP contribution in [0.5, 0.6) is 0 Å². The van der Waals surface area contributed by atoms with Gasteiger partial charge in [-0.15, -0.1) is 0 Å². The molecule has 0 radical (unpaired) electrons. The number of aromatic nitrogens is 2. The average Bonchev–Trinajstić information content (AvgIpc) is 3.12. The van der Waals surface area contributed by atoms with Gasteiger partial charge in [0.25, 0.3) is 0 Å². The first-order valence-electron chi connectivity index (χ1n) is 10.6. The van der Waals surface area contributed by atoms with Crippen molar-refractivity contribution < 1.29 is 14.4 Å². The van der Waals surface area contributed by atoms with Crippen LogP contribution in [0.25, 0.3) is 5.69 Å². The van der Waals surface area contributed by atoms with E-state index in [-0.39, 0.29) is 30.7 Å². The summed E-state index contributed by atoms with van der Waals surface area (Å²) >= 11 is 0. The van der Waals surface area contributed by atoms with Gasteiger partial charge >= 0.3 is 0 Å². The van der Waals surface area contributed by atoms with E-state index in [9.17, 15) is 14.4 Å². The maximum atomic E-state index is 12.9. The van der Waals surface area contributed by atoms with Gasteiger partial charge in [-0.3, -0.25) is 19.3 Å². The predicted octanol–water partition coefficient (Wildman–Crippen LogP) is 3.45. The van der Waals surface area contributed by atoms with Crippen molar-refractivity contribution in [2.45, 2.75) is 59.3 Å². The van der Waals surface area contributed by atoms with Gasteiger partial charge in [-0.25, -0.2) is 4.68 Å². The summed E-state index contributed by atoms with van der Waals surface area (Å²) < 4.78 is 1.79. The van der Waals surface area contributed by atoms with Gasteiger partial charge in [0.2, 0.25) is 17.7 Å². The van der Waals surface area contributed by atoms with Gasteiger partial charge in [-0.2, -0.15) is 5.10 Å². The third-order valence-corrected chi connectivity index (χ3v) is 6.44. The van der Waals surface area contributed by atoms with Gasteiger partial charge in [0.15, 0.2) is 0 Å². The number of benzene rings is 1. The van der Waals surface area contributed by atoms with Crippen molar-refractivity contribution in [2.24, 2.45) is 5.41 Å². The molecule has 3 amide bonds. The minimum Gasteiger partial charge on any atom is -0.321 e. The van der Waals surface area contributed by atoms with E-state index < -0.39 is 5.41 Å². The van der Waals surface area contributed by atoms with Crippen LogP contribution in [-0.2, 0) is 14.4 Å². The van der Waals surface area contributed by atoms with E-state index in [0.29, 0.717) is 11.4 Å². The van der Waals surface area contributed by atoms with E-state index >= 15 is 0 Å². The molecule has 2 heterocycles. The fourth-order valence-corrected chi connectivity index (χ4v) is 4.72. The van der Waals surface area contributed by atoms with Crippen molar-refractivity contribution in [3.63, 3.8) is 0 Å². The molecule has 2 aliphatic rings. The Morgan fingerprint density at radius 2 is 1.73 bits per heavy atom. The van der Waals surface area contributed by atoms with Crippen molar-refractivity contribution in [3.05, 3.63) is 41.2 Å². The maximum absolute atomic E-state index is 12.9. The molecule has 1 saturated carbocycles. The van der Waals surface area contributed by atoms with Crippen LogP contribution in [0.2, 0.25) is 0 Å². The van der Waals surface area contributed by atoms with Crippen molar-refractivity contribution >= 4 is 23.4 Å². The summed E-state index contributed by atoms with van der Waals surface area (Å²) in [5.41, 5.74) is 3.59. The normalized spacial score (nSPS) is 18.3. The molecular formula is C23H28N4O3. The molecule has 1 aromatic heterocycles. The maximum Gasteiger partial charge on any atom is 0.244 e. The summed E-state index contributed by atoms with van der Waals surface area (Å²) in [6.07, 6.45) is 4.77. The van der Waals surface area contributed by atoms with E-state index in [1.807, 2.05) is 45.0 Å². The number of imide groups is 1. The van der Waals surface area contributed by atoms with E-state index in [1.54, 1.807) is 4.68 Å². The second kappa shape index (κ2) is 7.70. The lowest BCUT2D eigenvalue weighted by atomic mass is 9.73. The van der Waals surface area contributed by atoms with Crippen LogP contribution in [0.1, 0.15) is 55.5 Å². The Balaban J connectivity index is 1.49. The third-order valence-electron chi connectivity index (χ3n) is 6.44. The zero-order valence-electron chi connectivity index (χ0n) is 17.8. The molecule has 1 N–H and O–H groups in total. The molecule has 0 atom stereocenters. The predicted molar refractivity (Wildman–Crippen MR) is 113 cm³/mol. The molecule has 30 heavy (non-hydrogen) atoms. The van der Waals surface area contributed by atoms with E-state index in [2.05, 4.69) is 10.4 Å². The number of rotatable bonds is 4. The van der Waals surface area contributed by atoms with E-state index in [4.69, 9.17) is 0 Å². The molecule has 7 nitrogen and oxygen atoms in total. The molecule has 2 fully saturated rings. The summed E-state index contributed by atoms with van der Waals surface area (Å²) in [5, 5.41) is 7.42. The van der Waals surface area contributed by atoms with Gasteiger partial charge < -0.3 is 5.32 Å². The van der Waals surface area contributed by atoms with Crippen LogP contribution >= 0.6 is 0 Å². The number of hydrogen-bond acceptors (Lipinski definition) is 4. The summed E-state index contributed by atoms with van der Waals surface area (Å²) in [6.45, 7) is 5.50. The lowest BCUT2D eigenvalue weighted by Gasteiger charge is -2.30. The number of aryl methyl sites for hydroxylation is 2. The number of hydrogen-bond donors (Lipinski definition) is 1. The first kappa shape index (κ1) is 20.3. The fourth-order valence-electron chi connectivity index (χ4n) is 4.72. The highest BCUT2D eigenvalue weighted by atomic mass is 16.2. The first-order chi connectivity index (χ1) is 14.3. The monoisotopic (exact) mass is 408 g/mol. The number of anilines is 1. The quantitative estimate of drug-likeness (QED) is 0.786. The van der Waals surface area contributed by atoms with Crippen molar-refractivity contribution in [1.29, 1.82) is 0 Å². The highest BCUT2D eigenvalue weighted by Crippen LogP contribution is 2.45. The van der Waals surface area contributed by atoms with Crippen LogP contribution in [0, 0.1) is 26.2 Å². The smallest absolute Gasteiger partial charge is 0.244 e. The summed E-state index contributed by atoms with van der Waals surface area (Å²) in [5.74, 6) is -0.786. The lowest BCUT2D eigenvalue weighted by molar-refractivity contribution is -0.144. The third kappa shape index (κ3) is 3.53. The molecule has 1 aromatic carbocycles. The Bertz CT molecular complexity index is 1000. The number of nitrogens with one attached hydrogen (secondary N) is 1.